The van der Waals surface area contributed by atoms with Crippen molar-refractivity contribution in [2.24, 2.45) is 0 Å². The highest BCUT2D eigenvalue weighted by Crippen LogP contribution is 2.15. The Morgan fingerprint density at radius 3 is 2.44 bits per heavy atom. The summed E-state index contributed by atoms with van der Waals surface area (Å²) in [6, 6.07) is 1.74. The van der Waals surface area contributed by atoms with Crippen LogP contribution in [0.3, 0.4) is 0 Å². The standard InChI is InChI=1S/C10H18N4O3S/c1-13(2)18(16,17)14-7-4-9(5-8-14)12-10(15)3-6-11/h9H,3-5,7-8H2,1-2H3,(H,12,15). The minimum atomic E-state index is -3.36. The average Bonchev–Trinajstić information content (AvgIpc) is 2.29. The van der Waals surface area contributed by atoms with Gasteiger partial charge in [0.05, 0.1) is 6.07 Å². The van der Waals surface area contributed by atoms with Gasteiger partial charge in [-0.25, -0.2) is 0 Å². The normalized spacial score (nSPS) is 18.6. The summed E-state index contributed by atoms with van der Waals surface area (Å²) in [5, 5.41) is 11.1. The van der Waals surface area contributed by atoms with E-state index in [0.29, 0.717) is 25.9 Å². The first-order chi connectivity index (χ1) is 8.37. The first kappa shape index (κ1) is 14.9. The molecule has 0 aromatic rings. The lowest BCUT2D eigenvalue weighted by atomic mass is 10.1. The molecule has 0 saturated carbocycles. The van der Waals surface area contributed by atoms with Crippen molar-refractivity contribution in [3.05, 3.63) is 0 Å². The number of nitrogens with one attached hydrogen (secondary N) is 1. The quantitative estimate of drug-likeness (QED) is 0.732. The van der Waals surface area contributed by atoms with E-state index < -0.39 is 10.2 Å². The molecular weight excluding hydrogens is 256 g/mol. The van der Waals surface area contributed by atoms with E-state index in [-0.39, 0.29) is 18.4 Å². The molecule has 1 amide bonds. The lowest BCUT2D eigenvalue weighted by Gasteiger charge is -2.32. The van der Waals surface area contributed by atoms with E-state index in [1.807, 2.05) is 0 Å². The molecule has 1 rings (SSSR count). The van der Waals surface area contributed by atoms with Crippen LogP contribution in [-0.4, -0.2) is 56.2 Å². The second kappa shape index (κ2) is 6.13. The topological polar surface area (TPSA) is 93.5 Å². The molecule has 18 heavy (non-hydrogen) atoms. The van der Waals surface area contributed by atoms with Crippen LogP contribution in [0, 0.1) is 11.3 Å². The second-order valence-electron chi connectivity index (χ2n) is 4.37. The Balaban J connectivity index is 2.47. The SMILES string of the molecule is CN(C)S(=O)(=O)N1CCC(NC(=O)CC#N)CC1. The summed E-state index contributed by atoms with van der Waals surface area (Å²) in [6.07, 6.45) is 0.991. The third-order valence-corrected chi connectivity index (χ3v) is 4.79. The molecule has 8 heteroatoms. The Morgan fingerprint density at radius 1 is 1.44 bits per heavy atom. The summed E-state index contributed by atoms with van der Waals surface area (Å²) in [5.74, 6) is -0.300. The van der Waals surface area contributed by atoms with Crippen molar-refractivity contribution in [1.82, 2.24) is 13.9 Å². The van der Waals surface area contributed by atoms with Gasteiger partial charge in [0.2, 0.25) is 5.91 Å². The average molecular weight is 274 g/mol. The third-order valence-electron chi connectivity index (χ3n) is 2.85. The molecule has 0 aromatic heterocycles. The predicted octanol–water partition coefficient (Wildman–Crippen LogP) is -0.713. The second-order valence-corrected chi connectivity index (χ2v) is 6.51. The molecule has 0 aliphatic carbocycles. The Labute approximate surface area is 108 Å². The highest BCUT2D eigenvalue weighted by molar-refractivity contribution is 7.86. The molecule has 0 bridgehead atoms. The molecule has 0 radical (unpaired) electrons. The third kappa shape index (κ3) is 3.66. The molecule has 0 atom stereocenters. The molecule has 1 fully saturated rings. The van der Waals surface area contributed by atoms with Crippen LogP contribution in [0.2, 0.25) is 0 Å². The molecule has 0 aromatic carbocycles. The van der Waals surface area contributed by atoms with Crippen LogP contribution >= 0.6 is 0 Å². The number of rotatable bonds is 4. The van der Waals surface area contributed by atoms with E-state index in [4.69, 9.17) is 5.26 Å². The number of hydrogen-bond acceptors (Lipinski definition) is 4. The van der Waals surface area contributed by atoms with Crippen LogP contribution < -0.4 is 5.32 Å². The minimum Gasteiger partial charge on any atom is -0.352 e. The first-order valence-electron chi connectivity index (χ1n) is 5.72. The van der Waals surface area contributed by atoms with Crippen molar-refractivity contribution in [1.29, 1.82) is 5.26 Å². The van der Waals surface area contributed by atoms with Crippen molar-refractivity contribution >= 4 is 16.1 Å². The van der Waals surface area contributed by atoms with E-state index >= 15 is 0 Å². The van der Waals surface area contributed by atoms with Crippen molar-refractivity contribution in [3.63, 3.8) is 0 Å². The molecule has 1 N–H and O–H groups in total. The van der Waals surface area contributed by atoms with Crippen LogP contribution in [0.5, 0.6) is 0 Å². The van der Waals surface area contributed by atoms with Crippen LogP contribution in [-0.2, 0) is 15.0 Å². The Kier molecular flexibility index (Phi) is 5.07. The van der Waals surface area contributed by atoms with Crippen molar-refractivity contribution in [2.45, 2.75) is 25.3 Å². The molecular formula is C10H18N4O3S. The van der Waals surface area contributed by atoms with Crippen molar-refractivity contribution in [2.75, 3.05) is 27.2 Å². The maximum absolute atomic E-state index is 11.8. The maximum Gasteiger partial charge on any atom is 0.281 e. The molecule has 1 aliphatic heterocycles. The summed E-state index contributed by atoms with van der Waals surface area (Å²) < 4.78 is 26.3. The monoisotopic (exact) mass is 274 g/mol. The van der Waals surface area contributed by atoms with E-state index in [1.165, 1.54) is 22.7 Å². The fourth-order valence-corrected chi connectivity index (χ4v) is 2.95. The number of amides is 1. The Bertz CT molecular complexity index is 433. The number of carbonyl (C=O) groups excluding carboxylic acids is 1. The summed E-state index contributed by atoms with van der Waals surface area (Å²) in [5.41, 5.74) is 0. The maximum atomic E-state index is 11.8. The molecule has 1 aliphatic rings. The summed E-state index contributed by atoms with van der Waals surface area (Å²) in [4.78, 5) is 11.2. The zero-order chi connectivity index (χ0) is 13.8. The van der Waals surface area contributed by atoms with Gasteiger partial charge in [-0.3, -0.25) is 4.79 Å². The summed E-state index contributed by atoms with van der Waals surface area (Å²) in [6.45, 7) is 0.774. The van der Waals surface area contributed by atoms with Gasteiger partial charge in [0.1, 0.15) is 6.42 Å². The van der Waals surface area contributed by atoms with Gasteiger partial charge in [-0.05, 0) is 12.8 Å². The lowest BCUT2D eigenvalue weighted by Crippen LogP contribution is -2.49. The van der Waals surface area contributed by atoms with Gasteiger partial charge in [-0.2, -0.15) is 22.3 Å². The molecule has 7 nitrogen and oxygen atoms in total. The van der Waals surface area contributed by atoms with E-state index in [2.05, 4.69) is 5.32 Å². The van der Waals surface area contributed by atoms with E-state index in [9.17, 15) is 13.2 Å². The van der Waals surface area contributed by atoms with Crippen LogP contribution in [0.4, 0.5) is 0 Å². The number of piperidine rings is 1. The fraction of sp³-hybridized carbons (Fsp3) is 0.800. The van der Waals surface area contributed by atoms with E-state index in [0.717, 1.165) is 0 Å². The van der Waals surface area contributed by atoms with Gasteiger partial charge < -0.3 is 5.32 Å². The van der Waals surface area contributed by atoms with Gasteiger partial charge >= 0.3 is 0 Å². The zero-order valence-electron chi connectivity index (χ0n) is 10.6. The fourth-order valence-electron chi connectivity index (χ4n) is 1.81. The summed E-state index contributed by atoms with van der Waals surface area (Å²) in [7, 11) is -0.368. The molecule has 1 heterocycles. The van der Waals surface area contributed by atoms with Gasteiger partial charge in [-0.1, -0.05) is 0 Å². The zero-order valence-corrected chi connectivity index (χ0v) is 11.4. The van der Waals surface area contributed by atoms with Crippen LogP contribution in [0.1, 0.15) is 19.3 Å². The van der Waals surface area contributed by atoms with Gasteiger partial charge in [0, 0.05) is 33.2 Å². The highest BCUT2D eigenvalue weighted by atomic mass is 32.2. The van der Waals surface area contributed by atoms with Gasteiger partial charge in [0.15, 0.2) is 0 Å². The Morgan fingerprint density at radius 2 is 2.00 bits per heavy atom. The number of hydrogen-bond donors (Lipinski definition) is 1. The smallest absolute Gasteiger partial charge is 0.281 e. The lowest BCUT2D eigenvalue weighted by molar-refractivity contribution is -0.121. The highest BCUT2D eigenvalue weighted by Gasteiger charge is 2.29. The first-order valence-corrected chi connectivity index (χ1v) is 7.11. The number of nitrogens with zero attached hydrogens (tertiary/aromatic N) is 3. The largest absolute Gasteiger partial charge is 0.352 e. The van der Waals surface area contributed by atoms with E-state index in [1.54, 1.807) is 6.07 Å². The minimum absolute atomic E-state index is 0.0422. The van der Waals surface area contributed by atoms with Crippen LogP contribution in [0.25, 0.3) is 0 Å². The number of carbonyl (C=O) groups is 1. The Hall–Kier alpha value is -1.17. The van der Waals surface area contributed by atoms with Crippen molar-refractivity contribution in [3.8, 4) is 6.07 Å². The molecule has 1 saturated heterocycles. The summed E-state index contributed by atoms with van der Waals surface area (Å²) >= 11 is 0. The number of nitriles is 1. The van der Waals surface area contributed by atoms with Gasteiger partial charge in [-0.15, -0.1) is 0 Å². The van der Waals surface area contributed by atoms with Gasteiger partial charge in [0.25, 0.3) is 10.2 Å². The predicted molar refractivity (Wildman–Crippen MR) is 65.6 cm³/mol. The molecule has 0 spiro atoms. The molecule has 102 valence electrons. The molecule has 0 unspecified atom stereocenters. The van der Waals surface area contributed by atoms with Crippen molar-refractivity contribution < 1.29 is 13.2 Å². The van der Waals surface area contributed by atoms with Crippen LogP contribution in [0.15, 0.2) is 0 Å².